The second-order valence-corrected chi connectivity index (χ2v) is 4.57. The third-order valence-corrected chi connectivity index (χ3v) is 2.86. The van der Waals surface area contributed by atoms with Crippen LogP contribution in [0.15, 0.2) is 22.7 Å². The predicted molar refractivity (Wildman–Crippen MR) is 73.5 cm³/mol. The van der Waals surface area contributed by atoms with Gasteiger partial charge in [-0.2, -0.15) is 0 Å². The van der Waals surface area contributed by atoms with Crippen molar-refractivity contribution in [3.05, 3.63) is 28.2 Å². The molecule has 0 spiro atoms. The van der Waals surface area contributed by atoms with Gasteiger partial charge in [0.2, 0.25) is 0 Å². The van der Waals surface area contributed by atoms with Crippen LogP contribution in [0.25, 0.3) is 0 Å². The highest BCUT2D eigenvalue weighted by Gasteiger charge is 2.06. The first kappa shape index (κ1) is 14.5. The van der Waals surface area contributed by atoms with Crippen molar-refractivity contribution >= 4 is 15.9 Å². The summed E-state index contributed by atoms with van der Waals surface area (Å²) in [7, 11) is 1.93. The number of rotatable bonds is 8. The maximum absolute atomic E-state index is 5.76. The van der Waals surface area contributed by atoms with E-state index in [4.69, 9.17) is 9.47 Å². The van der Waals surface area contributed by atoms with Crippen molar-refractivity contribution in [2.45, 2.75) is 19.9 Å². The molecule has 1 N–H and O–H groups in total. The molecule has 4 heteroatoms. The van der Waals surface area contributed by atoms with Gasteiger partial charge in [0.05, 0.1) is 11.1 Å². The molecule has 0 saturated carbocycles. The average Bonchev–Trinajstić information content (AvgIpc) is 2.32. The fraction of sp³-hybridized carbons (Fsp3) is 0.538. The summed E-state index contributed by atoms with van der Waals surface area (Å²) in [4.78, 5) is 0. The zero-order valence-corrected chi connectivity index (χ0v) is 12.0. The van der Waals surface area contributed by atoms with E-state index in [1.165, 1.54) is 0 Å². The summed E-state index contributed by atoms with van der Waals surface area (Å²) in [5, 5.41) is 3.13. The number of para-hydroxylation sites is 1. The van der Waals surface area contributed by atoms with Crippen molar-refractivity contribution in [2.24, 2.45) is 0 Å². The minimum absolute atomic E-state index is 0.583. The Hall–Kier alpha value is -0.580. The molecule has 0 unspecified atom stereocenters. The normalized spacial score (nSPS) is 10.5. The first-order valence-corrected chi connectivity index (χ1v) is 6.71. The molecule has 0 heterocycles. The molecule has 0 aliphatic rings. The zero-order chi connectivity index (χ0) is 12.5. The summed E-state index contributed by atoms with van der Waals surface area (Å²) < 4.78 is 12.1. The zero-order valence-electron chi connectivity index (χ0n) is 10.5. The van der Waals surface area contributed by atoms with E-state index >= 15 is 0 Å². The third kappa shape index (κ3) is 5.06. The maximum atomic E-state index is 5.76. The first-order chi connectivity index (χ1) is 8.29. The summed E-state index contributed by atoms with van der Waals surface area (Å²) in [6.07, 6.45) is 1.04. The van der Waals surface area contributed by atoms with Crippen molar-refractivity contribution in [2.75, 3.05) is 26.9 Å². The molecule has 0 radical (unpaired) electrons. The smallest absolute Gasteiger partial charge is 0.138 e. The number of hydrogen-bond donors (Lipinski definition) is 1. The molecular formula is C13H20BrNO2. The molecule has 1 aromatic carbocycles. The molecule has 0 saturated heterocycles. The van der Waals surface area contributed by atoms with Gasteiger partial charge in [0.25, 0.3) is 0 Å². The highest BCUT2D eigenvalue weighted by atomic mass is 79.9. The van der Waals surface area contributed by atoms with Gasteiger partial charge in [0.15, 0.2) is 0 Å². The minimum Gasteiger partial charge on any atom is -0.490 e. The van der Waals surface area contributed by atoms with Crippen LogP contribution in [-0.2, 0) is 11.3 Å². The van der Waals surface area contributed by atoms with Gasteiger partial charge in [0.1, 0.15) is 12.4 Å². The van der Waals surface area contributed by atoms with Crippen molar-refractivity contribution in [1.82, 2.24) is 5.32 Å². The lowest BCUT2D eigenvalue weighted by atomic mass is 10.2. The van der Waals surface area contributed by atoms with Crippen LogP contribution < -0.4 is 10.1 Å². The summed E-state index contributed by atoms with van der Waals surface area (Å²) in [5.74, 6) is 0.905. The van der Waals surface area contributed by atoms with Crippen molar-refractivity contribution in [3.8, 4) is 5.75 Å². The van der Waals surface area contributed by atoms with Crippen LogP contribution in [0.5, 0.6) is 5.75 Å². The number of halogens is 1. The number of ether oxygens (including phenoxy) is 2. The van der Waals surface area contributed by atoms with Crippen LogP contribution in [0.2, 0.25) is 0 Å². The minimum atomic E-state index is 0.583. The number of benzene rings is 1. The van der Waals surface area contributed by atoms with Gasteiger partial charge < -0.3 is 14.8 Å². The molecule has 3 nitrogen and oxygen atoms in total. The molecule has 0 atom stereocenters. The molecule has 1 aromatic rings. The molecule has 96 valence electrons. The summed E-state index contributed by atoms with van der Waals surface area (Å²) >= 11 is 3.51. The maximum Gasteiger partial charge on any atom is 0.138 e. The lowest BCUT2D eigenvalue weighted by Gasteiger charge is -2.13. The molecule has 0 bridgehead atoms. The summed E-state index contributed by atoms with van der Waals surface area (Å²) in [6, 6.07) is 6.06. The van der Waals surface area contributed by atoms with Crippen LogP contribution >= 0.6 is 15.9 Å². The molecule has 0 aliphatic heterocycles. The molecule has 1 rings (SSSR count). The number of nitrogens with one attached hydrogen (secondary N) is 1. The second kappa shape index (κ2) is 8.50. The lowest BCUT2D eigenvalue weighted by Crippen LogP contribution is -2.11. The molecule has 0 amide bonds. The number of hydrogen-bond acceptors (Lipinski definition) is 3. The highest BCUT2D eigenvalue weighted by Crippen LogP contribution is 2.28. The van der Waals surface area contributed by atoms with Gasteiger partial charge in [-0.25, -0.2) is 0 Å². The van der Waals surface area contributed by atoms with Gasteiger partial charge in [-0.05, 0) is 35.5 Å². The van der Waals surface area contributed by atoms with E-state index in [1.54, 1.807) is 0 Å². The van der Waals surface area contributed by atoms with E-state index in [2.05, 4.69) is 34.2 Å². The third-order valence-electron chi connectivity index (χ3n) is 2.24. The second-order valence-electron chi connectivity index (χ2n) is 3.72. The lowest BCUT2D eigenvalue weighted by molar-refractivity contribution is 0.1000. The Bertz CT molecular complexity index is 331. The molecular weight excluding hydrogens is 282 g/mol. The Morgan fingerprint density at radius 2 is 2.06 bits per heavy atom. The van der Waals surface area contributed by atoms with Gasteiger partial charge in [-0.15, -0.1) is 0 Å². The van der Waals surface area contributed by atoms with Crippen LogP contribution in [0.3, 0.4) is 0 Å². The Kier molecular flexibility index (Phi) is 7.24. The Morgan fingerprint density at radius 1 is 1.24 bits per heavy atom. The van der Waals surface area contributed by atoms with Crippen LogP contribution in [-0.4, -0.2) is 26.9 Å². The largest absolute Gasteiger partial charge is 0.490 e. The SMILES string of the molecule is CCCOCCOc1c(Br)cccc1CNC. The molecule has 0 fully saturated rings. The Morgan fingerprint density at radius 3 is 2.76 bits per heavy atom. The molecule has 0 aromatic heterocycles. The highest BCUT2D eigenvalue weighted by molar-refractivity contribution is 9.10. The van der Waals surface area contributed by atoms with Crippen LogP contribution in [0.4, 0.5) is 0 Å². The monoisotopic (exact) mass is 301 g/mol. The van der Waals surface area contributed by atoms with Gasteiger partial charge >= 0.3 is 0 Å². The Balaban J connectivity index is 2.50. The van der Waals surface area contributed by atoms with Gasteiger partial charge in [0, 0.05) is 18.7 Å². The topological polar surface area (TPSA) is 30.5 Å². The summed E-state index contributed by atoms with van der Waals surface area (Å²) in [6.45, 7) is 4.90. The van der Waals surface area contributed by atoms with E-state index in [1.807, 2.05) is 19.2 Å². The van der Waals surface area contributed by atoms with E-state index < -0.39 is 0 Å². The van der Waals surface area contributed by atoms with E-state index in [9.17, 15) is 0 Å². The van der Waals surface area contributed by atoms with Crippen LogP contribution in [0.1, 0.15) is 18.9 Å². The van der Waals surface area contributed by atoms with Crippen molar-refractivity contribution in [3.63, 3.8) is 0 Å². The van der Waals surface area contributed by atoms with Gasteiger partial charge in [-0.3, -0.25) is 0 Å². The fourth-order valence-corrected chi connectivity index (χ4v) is 2.02. The first-order valence-electron chi connectivity index (χ1n) is 5.92. The van der Waals surface area contributed by atoms with Gasteiger partial charge in [-0.1, -0.05) is 19.1 Å². The van der Waals surface area contributed by atoms with Crippen LogP contribution in [0, 0.1) is 0 Å². The van der Waals surface area contributed by atoms with E-state index in [0.717, 1.165) is 35.4 Å². The molecule has 17 heavy (non-hydrogen) atoms. The van der Waals surface area contributed by atoms with E-state index in [-0.39, 0.29) is 0 Å². The quantitative estimate of drug-likeness (QED) is 0.749. The van der Waals surface area contributed by atoms with E-state index in [0.29, 0.717) is 13.2 Å². The fourth-order valence-electron chi connectivity index (χ4n) is 1.49. The Labute approximate surface area is 112 Å². The molecule has 0 aliphatic carbocycles. The average molecular weight is 302 g/mol. The predicted octanol–water partition coefficient (Wildman–Crippen LogP) is 2.97. The summed E-state index contributed by atoms with van der Waals surface area (Å²) in [5.41, 5.74) is 1.15. The van der Waals surface area contributed by atoms with Crippen molar-refractivity contribution < 1.29 is 9.47 Å². The standard InChI is InChI=1S/C13H20BrNO2/c1-3-7-16-8-9-17-13-11(10-15-2)5-4-6-12(13)14/h4-6,15H,3,7-10H2,1-2H3. The van der Waals surface area contributed by atoms with Crippen molar-refractivity contribution in [1.29, 1.82) is 0 Å².